The van der Waals surface area contributed by atoms with Crippen molar-refractivity contribution in [1.29, 1.82) is 5.26 Å². The summed E-state index contributed by atoms with van der Waals surface area (Å²) in [5.41, 5.74) is 0.287. The molecule has 0 radical (unpaired) electrons. The van der Waals surface area contributed by atoms with Gasteiger partial charge in [0, 0.05) is 25.6 Å². The van der Waals surface area contributed by atoms with Gasteiger partial charge in [-0.15, -0.1) is 0 Å². The van der Waals surface area contributed by atoms with Crippen LogP contribution in [0.25, 0.3) is 0 Å². The first-order valence-electron chi connectivity index (χ1n) is 8.67. The lowest BCUT2D eigenvalue weighted by atomic mass is 10.2. The summed E-state index contributed by atoms with van der Waals surface area (Å²) < 4.78 is 37.4. The van der Waals surface area contributed by atoms with Crippen LogP contribution in [0.2, 0.25) is 5.02 Å². The number of rotatable bonds is 5. The number of nitriles is 1. The quantitative estimate of drug-likeness (QED) is 0.773. The number of benzene rings is 2. The highest BCUT2D eigenvalue weighted by Crippen LogP contribution is 2.37. The Morgan fingerprint density at radius 3 is 2.59 bits per heavy atom. The minimum absolute atomic E-state index is 0.00528. The van der Waals surface area contributed by atoms with Crippen LogP contribution in [0.5, 0.6) is 11.5 Å². The summed E-state index contributed by atoms with van der Waals surface area (Å²) in [4.78, 5) is 12.3. The van der Waals surface area contributed by atoms with Gasteiger partial charge in [-0.1, -0.05) is 23.7 Å². The standard InChI is InChI=1S/C19H18ClN3O5S/c1-23(29(25,26)18-6-3-2-5-13(18)11-21)12-19(24)22-15-10-17-16(9-14(15)20)27-7-4-8-28-17/h2-3,5-6,9-10H,4,7-8,12H2,1H3,(H,22,24). The predicted molar refractivity (Wildman–Crippen MR) is 107 cm³/mol. The maximum Gasteiger partial charge on any atom is 0.244 e. The number of hydrogen-bond donors (Lipinski definition) is 1. The van der Waals surface area contributed by atoms with Crippen molar-refractivity contribution < 1.29 is 22.7 Å². The Kier molecular flexibility index (Phi) is 6.27. The third kappa shape index (κ3) is 4.62. The van der Waals surface area contributed by atoms with Crippen molar-refractivity contribution in [2.75, 3.05) is 32.1 Å². The molecule has 3 rings (SSSR count). The largest absolute Gasteiger partial charge is 0.490 e. The van der Waals surface area contributed by atoms with E-state index >= 15 is 0 Å². The summed E-state index contributed by atoms with van der Waals surface area (Å²) >= 11 is 6.20. The first-order valence-corrected chi connectivity index (χ1v) is 10.5. The first kappa shape index (κ1) is 20.9. The van der Waals surface area contributed by atoms with E-state index in [1.807, 2.05) is 6.07 Å². The van der Waals surface area contributed by atoms with E-state index in [1.165, 1.54) is 25.2 Å². The van der Waals surface area contributed by atoms with Crippen LogP contribution in [0.15, 0.2) is 41.3 Å². The molecule has 1 aliphatic rings. The van der Waals surface area contributed by atoms with Gasteiger partial charge in [0.2, 0.25) is 15.9 Å². The van der Waals surface area contributed by atoms with E-state index in [9.17, 15) is 13.2 Å². The van der Waals surface area contributed by atoms with E-state index in [1.54, 1.807) is 18.2 Å². The number of nitrogens with zero attached hydrogens (tertiary/aromatic N) is 2. The zero-order valence-corrected chi connectivity index (χ0v) is 17.1. The molecule has 0 aliphatic carbocycles. The number of hydrogen-bond acceptors (Lipinski definition) is 6. The van der Waals surface area contributed by atoms with Gasteiger partial charge in [0.1, 0.15) is 6.07 Å². The number of sulfonamides is 1. The molecule has 0 unspecified atom stereocenters. The van der Waals surface area contributed by atoms with Gasteiger partial charge in [-0.3, -0.25) is 4.79 Å². The van der Waals surface area contributed by atoms with Gasteiger partial charge in [-0.25, -0.2) is 8.42 Å². The molecule has 0 atom stereocenters. The Labute approximate surface area is 173 Å². The Bertz CT molecular complexity index is 1080. The summed E-state index contributed by atoms with van der Waals surface area (Å²) in [7, 11) is -2.76. The average Bonchev–Trinajstić information content (AvgIpc) is 2.92. The normalized spacial score (nSPS) is 13.4. The third-order valence-electron chi connectivity index (χ3n) is 4.17. The lowest BCUT2D eigenvalue weighted by Gasteiger charge is -2.18. The molecular formula is C19H18ClN3O5S. The van der Waals surface area contributed by atoms with Crippen LogP contribution in [-0.2, 0) is 14.8 Å². The number of nitrogens with one attached hydrogen (secondary N) is 1. The highest BCUT2D eigenvalue weighted by atomic mass is 35.5. The molecule has 29 heavy (non-hydrogen) atoms. The van der Waals surface area contributed by atoms with E-state index in [-0.39, 0.29) is 21.2 Å². The number of halogens is 1. The Morgan fingerprint density at radius 1 is 1.24 bits per heavy atom. The predicted octanol–water partition coefficient (Wildman–Crippen LogP) is 2.63. The number of amides is 1. The molecule has 2 aromatic carbocycles. The van der Waals surface area contributed by atoms with Crippen LogP contribution >= 0.6 is 11.6 Å². The molecule has 152 valence electrons. The van der Waals surface area contributed by atoms with Crippen LogP contribution in [0.1, 0.15) is 12.0 Å². The molecule has 0 aromatic heterocycles. The van der Waals surface area contributed by atoms with Crippen molar-refractivity contribution in [2.24, 2.45) is 0 Å². The molecular weight excluding hydrogens is 418 g/mol. The van der Waals surface area contributed by atoms with Crippen molar-refractivity contribution in [3.63, 3.8) is 0 Å². The van der Waals surface area contributed by atoms with Gasteiger partial charge < -0.3 is 14.8 Å². The van der Waals surface area contributed by atoms with Crippen LogP contribution in [-0.4, -0.2) is 45.4 Å². The molecule has 0 fully saturated rings. The van der Waals surface area contributed by atoms with E-state index < -0.39 is 22.5 Å². The van der Waals surface area contributed by atoms with Gasteiger partial charge in [0.05, 0.1) is 40.9 Å². The summed E-state index contributed by atoms with van der Waals surface area (Å²) in [6, 6.07) is 10.7. The molecule has 1 heterocycles. The van der Waals surface area contributed by atoms with Crippen molar-refractivity contribution in [2.45, 2.75) is 11.3 Å². The van der Waals surface area contributed by atoms with E-state index in [4.69, 9.17) is 26.3 Å². The molecule has 10 heteroatoms. The number of carbonyl (C=O) groups is 1. The van der Waals surface area contributed by atoms with E-state index in [0.29, 0.717) is 24.7 Å². The fourth-order valence-electron chi connectivity index (χ4n) is 2.71. The number of ether oxygens (including phenoxy) is 2. The number of anilines is 1. The SMILES string of the molecule is CN(CC(=O)Nc1cc2c(cc1Cl)OCCCO2)S(=O)(=O)c1ccccc1C#N. The van der Waals surface area contributed by atoms with Crippen molar-refractivity contribution in [1.82, 2.24) is 4.31 Å². The second-order valence-electron chi connectivity index (χ2n) is 6.25. The van der Waals surface area contributed by atoms with Crippen molar-refractivity contribution >= 4 is 33.2 Å². The zero-order valence-electron chi connectivity index (χ0n) is 15.5. The molecule has 0 spiro atoms. The molecule has 1 aliphatic heterocycles. The van der Waals surface area contributed by atoms with Crippen molar-refractivity contribution in [3.05, 3.63) is 47.0 Å². The number of fused-ring (bicyclic) bond motifs is 1. The maximum absolute atomic E-state index is 12.7. The monoisotopic (exact) mass is 435 g/mol. The van der Waals surface area contributed by atoms with Crippen LogP contribution < -0.4 is 14.8 Å². The Hall–Kier alpha value is -2.80. The molecule has 0 saturated heterocycles. The first-order chi connectivity index (χ1) is 13.8. The van der Waals surface area contributed by atoms with E-state index in [0.717, 1.165) is 10.7 Å². The average molecular weight is 436 g/mol. The number of carbonyl (C=O) groups excluding carboxylic acids is 1. The van der Waals surface area contributed by atoms with Gasteiger partial charge in [-0.2, -0.15) is 9.57 Å². The molecule has 2 aromatic rings. The fourth-order valence-corrected chi connectivity index (χ4v) is 4.17. The summed E-state index contributed by atoms with van der Waals surface area (Å²) in [5.74, 6) is 0.339. The van der Waals surface area contributed by atoms with Crippen LogP contribution in [0.3, 0.4) is 0 Å². The summed E-state index contributed by atoms with van der Waals surface area (Å²) in [5, 5.41) is 12.0. The third-order valence-corrected chi connectivity index (χ3v) is 6.35. The zero-order chi connectivity index (χ0) is 21.0. The van der Waals surface area contributed by atoms with Crippen LogP contribution in [0.4, 0.5) is 5.69 Å². The molecule has 1 N–H and O–H groups in total. The molecule has 8 nitrogen and oxygen atoms in total. The number of likely N-dealkylation sites (N-methyl/N-ethyl adjacent to an activating group) is 1. The highest BCUT2D eigenvalue weighted by molar-refractivity contribution is 7.89. The van der Waals surface area contributed by atoms with Gasteiger partial charge in [-0.05, 0) is 12.1 Å². The Balaban J connectivity index is 1.75. The molecule has 0 bridgehead atoms. The lowest BCUT2D eigenvalue weighted by molar-refractivity contribution is -0.116. The smallest absolute Gasteiger partial charge is 0.244 e. The fraction of sp³-hybridized carbons (Fsp3) is 0.263. The van der Waals surface area contributed by atoms with Crippen LogP contribution in [0, 0.1) is 11.3 Å². The topological polar surface area (TPSA) is 109 Å². The minimum atomic E-state index is -4.03. The second kappa shape index (κ2) is 8.69. The minimum Gasteiger partial charge on any atom is -0.490 e. The maximum atomic E-state index is 12.7. The van der Waals surface area contributed by atoms with Gasteiger partial charge in [0.15, 0.2) is 11.5 Å². The molecule has 1 amide bonds. The summed E-state index contributed by atoms with van der Waals surface area (Å²) in [6.45, 7) is 0.510. The Morgan fingerprint density at radius 2 is 1.90 bits per heavy atom. The second-order valence-corrected chi connectivity index (χ2v) is 8.67. The van der Waals surface area contributed by atoms with Gasteiger partial charge >= 0.3 is 0 Å². The van der Waals surface area contributed by atoms with Gasteiger partial charge in [0.25, 0.3) is 0 Å². The lowest BCUT2D eigenvalue weighted by Crippen LogP contribution is -2.35. The van der Waals surface area contributed by atoms with E-state index in [2.05, 4.69) is 5.32 Å². The summed E-state index contributed by atoms with van der Waals surface area (Å²) in [6.07, 6.45) is 0.723. The van der Waals surface area contributed by atoms with Crippen molar-refractivity contribution in [3.8, 4) is 17.6 Å². The molecule has 0 saturated carbocycles. The highest BCUT2D eigenvalue weighted by Gasteiger charge is 2.26.